The summed E-state index contributed by atoms with van der Waals surface area (Å²) in [6, 6.07) is 7.35. The number of rotatable bonds is 6. The number of aryl methyl sites for hydroxylation is 1. The van der Waals surface area contributed by atoms with Crippen molar-refractivity contribution in [3.63, 3.8) is 0 Å². The van der Waals surface area contributed by atoms with Crippen molar-refractivity contribution < 1.29 is 18.7 Å². The molecule has 2 heterocycles. The minimum atomic E-state index is -0.659. The van der Waals surface area contributed by atoms with Crippen molar-refractivity contribution >= 4 is 40.4 Å². The zero-order chi connectivity index (χ0) is 20.3. The van der Waals surface area contributed by atoms with E-state index >= 15 is 0 Å². The van der Waals surface area contributed by atoms with Crippen molar-refractivity contribution in [2.24, 2.45) is 0 Å². The Balaban J connectivity index is 1.87. The Bertz CT molecular complexity index is 1090. The zero-order valence-corrected chi connectivity index (χ0v) is 16.5. The molecule has 1 amide bonds. The number of carbonyl (C=O) groups is 2. The SMILES string of the molecule is CCOC(=O)c1c(C)oc2ncn(CC(=O)Nc3ccc(SC)cc3)c(=O)c12. The smallest absolute Gasteiger partial charge is 0.342 e. The maximum absolute atomic E-state index is 12.8. The van der Waals surface area contributed by atoms with E-state index < -0.39 is 17.4 Å². The van der Waals surface area contributed by atoms with E-state index in [1.807, 2.05) is 18.4 Å². The summed E-state index contributed by atoms with van der Waals surface area (Å²) in [4.78, 5) is 42.5. The Labute approximate surface area is 164 Å². The topological polar surface area (TPSA) is 103 Å². The summed E-state index contributed by atoms with van der Waals surface area (Å²) in [5.41, 5.74) is 0.153. The number of nitrogens with one attached hydrogen (secondary N) is 1. The van der Waals surface area contributed by atoms with Crippen LogP contribution in [0, 0.1) is 6.92 Å². The monoisotopic (exact) mass is 401 g/mol. The molecule has 146 valence electrons. The Morgan fingerprint density at radius 2 is 2.00 bits per heavy atom. The number of nitrogens with zero attached hydrogens (tertiary/aromatic N) is 2. The highest BCUT2D eigenvalue weighted by molar-refractivity contribution is 7.98. The van der Waals surface area contributed by atoms with Gasteiger partial charge in [-0.15, -0.1) is 11.8 Å². The number of aromatic nitrogens is 2. The van der Waals surface area contributed by atoms with Gasteiger partial charge in [0.15, 0.2) is 0 Å². The largest absolute Gasteiger partial charge is 0.462 e. The fourth-order valence-electron chi connectivity index (χ4n) is 2.73. The molecule has 2 aromatic heterocycles. The van der Waals surface area contributed by atoms with Gasteiger partial charge in [-0.05, 0) is 44.4 Å². The minimum absolute atomic E-state index is 0.00979. The summed E-state index contributed by atoms with van der Waals surface area (Å²) < 4.78 is 11.5. The van der Waals surface area contributed by atoms with Gasteiger partial charge in [-0.1, -0.05) is 0 Å². The molecule has 0 fully saturated rings. The van der Waals surface area contributed by atoms with Gasteiger partial charge in [0.25, 0.3) is 5.56 Å². The lowest BCUT2D eigenvalue weighted by Gasteiger charge is -2.08. The highest BCUT2D eigenvalue weighted by atomic mass is 32.2. The van der Waals surface area contributed by atoms with Crippen LogP contribution in [0.5, 0.6) is 0 Å². The van der Waals surface area contributed by atoms with Crippen LogP contribution >= 0.6 is 11.8 Å². The highest BCUT2D eigenvalue weighted by Gasteiger charge is 2.24. The first-order valence-electron chi connectivity index (χ1n) is 8.54. The minimum Gasteiger partial charge on any atom is -0.462 e. The van der Waals surface area contributed by atoms with Gasteiger partial charge in [0.05, 0.1) is 6.61 Å². The molecule has 0 saturated carbocycles. The van der Waals surface area contributed by atoms with E-state index in [4.69, 9.17) is 9.15 Å². The average molecular weight is 401 g/mol. The van der Waals surface area contributed by atoms with Crippen LogP contribution in [0.25, 0.3) is 11.1 Å². The molecule has 3 rings (SSSR count). The van der Waals surface area contributed by atoms with E-state index in [9.17, 15) is 14.4 Å². The maximum atomic E-state index is 12.8. The van der Waals surface area contributed by atoms with Crippen molar-refractivity contribution in [2.45, 2.75) is 25.3 Å². The lowest BCUT2D eigenvalue weighted by Crippen LogP contribution is -2.28. The first-order valence-corrected chi connectivity index (χ1v) is 9.76. The van der Waals surface area contributed by atoms with Crippen LogP contribution in [0.3, 0.4) is 0 Å². The molecule has 0 atom stereocenters. The fraction of sp³-hybridized carbons (Fsp3) is 0.263. The lowest BCUT2D eigenvalue weighted by molar-refractivity contribution is -0.116. The van der Waals surface area contributed by atoms with Crippen molar-refractivity contribution in [1.29, 1.82) is 0 Å². The third-order valence-corrected chi connectivity index (χ3v) is 4.77. The molecule has 0 aliphatic heterocycles. The summed E-state index contributed by atoms with van der Waals surface area (Å²) in [6.45, 7) is 3.14. The van der Waals surface area contributed by atoms with E-state index in [0.29, 0.717) is 5.69 Å². The van der Waals surface area contributed by atoms with Crippen molar-refractivity contribution in [2.75, 3.05) is 18.2 Å². The second-order valence-corrected chi connectivity index (χ2v) is 6.77. The van der Waals surface area contributed by atoms with Gasteiger partial charge < -0.3 is 14.5 Å². The summed E-state index contributed by atoms with van der Waals surface area (Å²) in [5.74, 6) is -0.805. The van der Waals surface area contributed by atoms with E-state index in [2.05, 4.69) is 10.3 Å². The van der Waals surface area contributed by atoms with Crippen molar-refractivity contribution in [1.82, 2.24) is 9.55 Å². The Hall–Kier alpha value is -3.07. The summed E-state index contributed by atoms with van der Waals surface area (Å²) in [7, 11) is 0. The molecule has 0 radical (unpaired) electrons. The molecule has 0 aliphatic carbocycles. The second-order valence-electron chi connectivity index (χ2n) is 5.89. The predicted octanol–water partition coefficient (Wildman–Crippen LogP) is 2.84. The molecular formula is C19H19N3O5S. The first kappa shape index (κ1) is 19.7. The summed E-state index contributed by atoms with van der Waals surface area (Å²) in [6.07, 6.45) is 3.18. The second kappa shape index (κ2) is 8.30. The lowest BCUT2D eigenvalue weighted by atomic mass is 10.2. The molecule has 3 aromatic rings. The number of benzene rings is 1. The van der Waals surface area contributed by atoms with Gasteiger partial charge >= 0.3 is 5.97 Å². The van der Waals surface area contributed by atoms with Crippen LogP contribution in [-0.4, -0.2) is 34.3 Å². The number of fused-ring (bicyclic) bond motifs is 1. The van der Waals surface area contributed by atoms with E-state index in [-0.39, 0.29) is 35.6 Å². The highest BCUT2D eigenvalue weighted by Crippen LogP contribution is 2.22. The van der Waals surface area contributed by atoms with Crippen LogP contribution in [0.1, 0.15) is 23.0 Å². The quantitative estimate of drug-likeness (QED) is 0.500. The van der Waals surface area contributed by atoms with E-state index in [1.54, 1.807) is 37.7 Å². The third-order valence-electron chi connectivity index (χ3n) is 4.02. The normalized spacial score (nSPS) is 10.8. The number of ether oxygens (including phenoxy) is 1. The van der Waals surface area contributed by atoms with E-state index in [0.717, 1.165) is 9.46 Å². The van der Waals surface area contributed by atoms with Crippen LogP contribution in [0.4, 0.5) is 5.69 Å². The average Bonchev–Trinajstić information content (AvgIpc) is 3.01. The van der Waals surface area contributed by atoms with Crippen LogP contribution in [-0.2, 0) is 16.1 Å². The van der Waals surface area contributed by atoms with Crippen molar-refractivity contribution in [3.05, 3.63) is 52.3 Å². The number of anilines is 1. The molecule has 1 N–H and O–H groups in total. The zero-order valence-electron chi connectivity index (χ0n) is 15.6. The standard InChI is InChI=1S/C19H19N3O5S/c1-4-26-19(25)15-11(2)27-17-16(15)18(24)22(10-20-17)9-14(23)21-12-5-7-13(28-3)8-6-12/h5-8,10H,4,9H2,1-3H3,(H,21,23). The molecule has 0 bridgehead atoms. The van der Waals surface area contributed by atoms with E-state index in [1.165, 1.54) is 6.33 Å². The summed E-state index contributed by atoms with van der Waals surface area (Å²) >= 11 is 1.60. The van der Waals surface area contributed by atoms with Crippen LogP contribution in [0.15, 0.2) is 44.7 Å². The van der Waals surface area contributed by atoms with Crippen LogP contribution < -0.4 is 10.9 Å². The number of hydrogen-bond donors (Lipinski definition) is 1. The molecular weight excluding hydrogens is 382 g/mol. The number of thioether (sulfide) groups is 1. The first-order chi connectivity index (χ1) is 13.4. The Morgan fingerprint density at radius 3 is 2.64 bits per heavy atom. The molecule has 0 unspecified atom stereocenters. The van der Waals surface area contributed by atoms with Gasteiger partial charge in [0.2, 0.25) is 11.6 Å². The molecule has 0 aliphatic rings. The molecule has 1 aromatic carbocycles. The Kier molecular flexibility index (Phi) is 5.84. The van der Waals surface area contributed by atoms with Crippen LogP contribution in [0.2, 0.25) is 0 Å². The van der Waals surface area contributed by atoms with Gasteiger partial charge in [-0.2, -0.15) is 0 Å². The Morgan fingerprint density at radius 1 is 1.29 bits per heavy atom. The van der Waals surface area contributed by atoms with Crippen molar-refractivity contribution in [3.8, 4) is 0 Å². The fourth-order valence-corrected chi connectivity index (χ4v) is 3.14. The van der Waals surface area contributed by atoms with Gasteiger partial charge in [0, 0.05) is 10.6 Å². The number of amides is 1. The number of esters is 1. The number of hydrogen-bond acceptors (Lipinski definition) is 7. The third kappa shape index (κ3) is 3.94. The molecule has 8 nitrogen and oxygen atoms in total. The molecule has 28 heavy (non-hydrogen) atoms. The molecule has 0 spiro atoms. The summed E-state index contributed by atoms with van der Waals surface area (Å²) in [5, 5.41) is 2.74. The predicted molar refractivity (Wildman–Crippen MR) is 106 cm³/mol. The number of carbonyl (C=O) groups excluding carboxylic acids is 2. The number of furan rings is 1. The molecule has 0 saturated heterocycles. The maximum Gasteiger partial charge on any atom is 0.342 e. The van der Waals surface area contributed by atoms with Gasteiger partial charge in [-0.25, -0.2) is 9.78 Å². The van der Waals surface area contributed by atoms with Gasteiger partial charge in [-0.3, -0.25) is 14.2 Å². The molecule has 9 heteroatoms. The van der Waals surface area contributed by atoms with Gasteiger partial charge in [0.1, 0.15) is 29.6 Å².